The van der Waals surface area contributed by atoms with Gasteiger partial charge in [0.05, 0.1) is 0 Å². The largest absolute Gasteiger partial charge is 0.314 e. The summed E-state index contributed by atoms with van der Waals surface area (Å²) >= 11 is 1.56. The lowest BCUT2D eigenvalue weighted by molar-refractivity contribution is 0.316. The van der Waals surface area contributed by atoms with Crippen LogP contribution in [0.15, 0.2) is 34.6 Å². The van der Waals surface area contributed by atoms with Crippen molar-refractivity contribution in [1.82, 2.24) is 4.57 Å². The number of hydrogen-bond donors (Lipinski definition) is 0. The fourth-order valence-electron chi connectivity index (χ4n) is 3.11. The summed E-state index contributed by atoms with van der Waals surface area (Å²) in [4.78, 5) is 13.5. The maximum Gasteiger partial charge on any atom is 0.269 e. The van der Waals surface area contributed by atoms with Crippen LogP contribution >= 0.6 is 11.3 Å². The van der Waals surface area contributed by atoms with E-state index in [2.05, 4.69) is 6.07 Å². The third-order valence-electron chi connectivity index (χ3n) is 4.24. The van der Waals surface area contributed by atoms with Crippen LogP contribution < -0.4 is 5.56 Å². The fraction of sp³-hybridized carbons (Fsp3) is 0.412. The van der Waals surface area contributed by atoms with E-state index >= 15 is 0 Å². The molecule has 2 aromatic heterocycles. The highest BCUT2D eigenvalue weighted by Gasteiger charge is 2.17. The van der Waals surface area contributed by atoms with E-state index in [9.17, 15) is 10.1 Å². The number of pyridine rings is 1. The second-order valence-corrected chi connectivity index (χ2v) is 6.60. The summed E-state index contributed by atoms with van der Waals surface area (Å²) in [5.41, 5.74) is 0.891. The highest BCUT2D eigenvalue weighted by molar-refractivity contribution is 7.13. The van der Waals surface area contributed by atoms with Crippen LogP contribution in [0.5, 0.6) is 0 Å². The minimum Gasteiger partial charge on any atom is -0.314 e. The zero-order valence-corrected chi connectivity index (χ0v) is 12.7. The molecule has 108 valence electrons. The van der Waals surface area contributed by atoms with Crippen LogP contribution in [0.3, 0.4) is 0 Å². The van der Waals surface area contributed by atoms with Gasteiger partial charge in [0.1, 0.15) is 11.6 Å². The molecule has 2 heterocycles. The Bertz CT molecular complexity index is 703. The number of hydrogen-bond acceptors (Lipinski definition) is 3. The molecule has 0 N–H and O–H groups in total. The first-order valence-corrected chi connectivity index (χ1v) is 8.35. The Morgan fingerprint density at radius 2 is 2.10 bits per heavy atom. The zero-order valence-electron chi connectivity index (χ0n) is 11.9. The van der Waals surface area contributed by atoms with Crippen molar-refractivity contribution in [1.29, 1.82) is 5.26 Å². The van der Waals surface area contributed by atoms with Gasteiger partial charge in [-0.2, -0.15) is 5.26 Å². The molecule has 4 heteroatoms. The van der Waals surface area contributed by atoms with E-state index in [1.807, 2.05) is 29.8 Å². The van der Waals surface area contributed by atoms with Gasteiger partial charge in [0, 0.05) is 23.2 Å². The molecule has 0 aliphatic heterocycles. The Morgan fingerprint density at radius 3 is 2.76 bits per heavy atom. The van der Waals surface area contributed by atoms with Crippen molar-refractivity contribution < 1.29 is 0 Å². The van der Waals surface area contributed by atoms with E-state index in [4.69, 9.17) is 0 Å². The van der Waals surface area contributed by atoms with Crippen LogP contribution in [0.4, 0.5) is 0 Å². The Balaban J connectivity index is 1.93. The van der Waals surface area contributed by atoms with E-state index in [1.165, 1.54) is 32.1 Å². The van der Waals surface area contributed by atoms with Gasteiger partial charge in [0.2, 0.25) is 0 Å². The van der Waals surface area contributed by atoms with Crippen LogP contribution in [0.1, 0.15) is 37.7 Å². The van der Waals surface area contributed by atoms with Crippen molar-refractivity contribution in [3.8, 4) is 16.5 Å². The molecular formula is C17H18N2OS. The normalized spacial score (nSPS) is 15.8. The summed E-state index contributed by atoms with van der Waals surface area (Å²) in [6.45, 7) is 0.748. The summed E-state index contributed by atoms with van der Waals surface area (Å²) in [5.74, 6) is 0.579. The van der Waals surface area contributed by atoms with Gasteiger partial charge in [0.15, 0.2) is 0 Å². The number of nitrogens with zero attached hydrogens (tertiary/aromatic N) is 2. The Labute approximate surface area is 128 Å². The minimum absolute atomic E-state index is 0.144. The molecule has 21 heavy (non-hydrogen) atoms. The van der Waals surface area contributed by atoms with Gasteiger partial charge < -0.3 is 4.57 Å². The Hall–Kier alpha value is -1.86. The summed E-state index contributed by atoms with van der Waals surface area (Å²) in [6.07, 6.45) is 8.08. The van der Waals surface area contributed by atoms with Crippen molar-refractivity contribution in [2.24, 2.45) is 5.92 Å². The molecule has 0 bridgehead atoms. The summed E-state index contributed by atoms with van der Waals surface area (Å²) in [7, 11) is 0. The highest BCUT2D eigenvalue weighted by Crippen LogP contribution is 2.27. The lowest BCUT2D eigenvalue weighted by Crippen LogP contribution is -2.26. The second-order valence-electron chi connectivity index (χ2n) is 5.66. The molecule has 1 fully saturated rings. The van der Waals surface area contributed by atoms with E-state index in [0.29, 0.717) is 5.92 Å². The monoisotopic (exact) mass is 298 g/mol. The van der Waals surface area contributed by atoms with E-state index in [1.54, 1.807) is 15.9 Å². The highest BCUT2D eigenvalue weighted by atomic mass is 32.1. The van der Waals surface area contributed by atoms with Gasteiger partial charge in [-0.25, -0.2) is 0 Å². The predicted molar refractivity (Wildman–Crippen MR) is 85.3 cm³/mol. The van der Waals surface area contributed by atoms with Crippen LogP contribution in [-0.4, -0.2) is 4.57 Å². The molecule has 1 aliphatic rings. The molecule has 3 rings (SSSR count). The second kappa shape index (κ2) is 6.28. The van der Waals surface area contributed by atoms with Gasteiger partial charge in [-0.15, -0.1) is 11.3 Å². The third kappa shape index (κ3) is 2.93. The number of rotatable bonds is 3. The van der Waals surface area contributed by atoms with Crippen LogP contribution in [-0.2, 0) is 6.54 Å². The number of thiophene rings is 1. The molecule has 0 atom stereocenters. The molecule has 1 aliphatic carbocycles. The first-order chi connectivity index (χ1) is 10.3. The molecule has 2 aromatic rings. The van der Waals surface area contributed by atoms with E-state index < -0.39 is 0 Å². The average molecular weight is 298 g/mol. The topological polar surface area (TPSA) is 45.8 Å². The first-order valence-electron chi connectivity index (χ1n) is 7.47. The molecule has 0 saturated heterocycles. The fourth-order valence-corrected chi connectivity index (χ4v) is 3.87. The smallest absolute Gasteiger partial charge is 0.269 e. The molecule has 0 unspecified atom stereocenters. The Morgan fingerprint density at radius 1 is 1.29 bits per heavy atom. The summed E-state index contributed by atoms with van der Waals surface area (Å²) < 4.78 is 1.73. The lowest BCUT2D eigenvalue weighted by Gasteiger charge is -2.22. The van der Waals surface area contributed by atoms with Gasteiger partial charge in [0.25, 0.3) is 5.56 Å². The average Bonchev–Trinajstić information content (AvgIpc) is 3.04. The molecule has 0 radical (unpaired) electrons. The number of aromatic nitrogens is 1. The van der Waals surface area contributed by atoms with Crippen LogP contribution in [0.2, 0.25) is 0 Å². The van der Waals surface area contributed by atoms with Gasteiger partial charge in [-0.1, -0.05) is 25.3 Å². The predicted octanol–water partition coefficient (Wildman–Crippen LogP) is 4.03. The molecule has 0 aromatic carbocycles. The standard InChI is InChI=1S/C17H18N2OS/c18-11-15-14(16-7-4-10-21-16)8-9-19(17(15)20)12-13-5-2-1-3-6-13/h4,7-10,13H,1-3,5-6,12H2. The number of nitriles is 1. The minimum atomic E-state index is -0.144. The van der Waals surface area contributed by atoms with Crippen molar-refractivity contribution in [3.63, 3.8) is 0 Å². The summed E-state index contributed by atoms with van der Waals surface area (Å²) in [6, 6.07) is 7.90. The maximum absolute atomic E-state index is 12.5. The molecular weight excluding hydrogens is 280 g/mol. The van der Waals surface area contributed by atoms with E-state index in [0.717, 1.165) is 17.0 Å². The van der Waals surface area contributed by atoms with Crippen LogP contribution in [0.25, 0.3) is 10.4 Å². The van der Waals surface area contributed by atoms with Gasteiger partial charge in [-0.05, 0) is 36.3 Å². The maximum atomic E-state index is 12.5. The zero-order chi connectivity index (χ0) is 14.7. The van der Waals surface area contributed by atoms with Crippen LogP contribution in [0, 0.1) is 17.2 Å². The van der Waals surface area contributed by atoms with Crippen molar-refractivity contribution in [2.45, 2.75) is 38.6 Å². The third-order valence-corrected chi connectivity index (χ3v) is 5.15. The quantitative estimate of drug-likeness (QED) is 0.859. The molecule has 1 saturated carbocycles. The van der Waals surface area contributed by atoms with Crippen molar-refractivity contribution in [3.05, 3.63) is 45.7 Å². The van der Waals surface area contributed by atoms with Gasteiger partial charge in [-0.3, -0.25) is 4.79 Å². The van der Waals surface area contributed by atoms with Crippen molar-refractivity contribution >= 4 is 11.3 Å². The van der Waals surface area contributed by atoms with Crippen molar-refractivity contribution in [2.75, 3.05) is 0 Å². The SMILES string of the molecule is N#Cc1c(-c2cccs2)ccn(CC2CCCCC2)c1=O. The molecule has 0 amide bonds. The van der Waals surface area contributed by atoms with E-state index in [-0.39, 0.29) is 11.1 Å². The lowest BCUT2D eigenvalue weighted by atomic mass is 9.89. The molecule has 0 spiro atoms. The first kappa shape index (κ1) is 14.1. The Kier molecular flexibility index (Phi) is 4.21. The summed E-state index contributed by atoms with van der Waals surface area (Å²) in [5, 5.41) is 11.3. The molecule has 3 nitrogen and oxygen atoms in total. The van der Waals surface area contributed by atoms with Gasteiger partial charge >= 0.3 is 0 Å².